The van der Waals surface area contributed by atoms with Crippen LogP contribution in [0.3, 0.4) is 0 Å². The summed E-state index contributed by atoms with van der Waals surface area (Å²) in [5, 5.41) is 0.682. The molecule has 1 amide bonds. The highest BCUT2D eigenvalue weighted by molar-refractivity contribution is 6.30. The molecule has 0 saturated carbocycles. The fourth-order valence-electron chi connectivity index (χ4n) is 3.88. The highest BCUT2D eigenvalue weighted by Gasteiger charge is 2.28. The Bertz CT molecular complexity index is 992. The van der Waals surface area contributed by atoms with E-state index in [1.54, 1.807) is 6.20 Å². The molecule has 6 heteroatoms. The highest BCUT2D eigenvalue weighted by Crippen LogP contribution is 2.34. The molecule has 0 spiro atoms. The Balaban J connectivity index is 1.57. The van der Waals surface area contributed by atoms with E-state index in [-0.39, 0.29) is 17.8 Å². The van der Waals surface area contributed by atoms with Crippen molar-refractivity contribution in [3.05, 3.63) is 77.1 Å². The molecule has 1 fully saturated rings. The third-order valence-electron chi connectivity index (χ3n) is 5.35. The van der Waals surface area contributed by atoms with Gasteiger partial charge in [0.1, 0.15) is 0 Å². The van der Waals surface area contributed by atoms with E-state index in [1.165, 1.54) is 0 Å². The van der Waals surface area contributed by atoms with Gasteiger partial charge in [0.2, 0.25) is 11.9 Å². The average molecular weight is 407 g/mol. The number of benzene rings is 2. The van der Waals surface area contributed by atoms with E-state index in [0.29, 0.717) is 18.0 Å². The third-order valence-corrected chi connectivity index (χ3v) is 5.60. The first-order valence-electron chi connectivity index (χ1n) is 9.80. The first-order valence-corrected chi connectivity index (χ1v) is 10.2. The smallest absolute Gasteiger partial charge is 0.227 e. The molecule has 1 aliphatic heterocycles. The maximum absolute atomic E-state index is 12.9. The SMILES string of the molecule is Nc1ncc(-c2ccc(Cl)cc2)c([C@@H]2CCCN(C(=O)Cc3ccccc3)C2)n1. The summed E-state index contributed by atoms with van der Waals surface area (Å²) in [6.45, 7) is 1.42. The van der Waals surface area contributed by atoms with Crippen LogP contribution in [-0.2, 0) is 11.2 Å². The lowest BCUT2D eigenvalue weighted by Gasteiger charge is -2.33. The molecule has 0 bridgehead atoms. The molecule has 0 unspecified atom stereocenters. The molecule has 1 atom stereocenters. The number of hydrogen-bond acceptors (Lipinski definition) is 4. The van der Waals surface area contributed by atoms with Crippen LogP contribution in [0.15, 0.2) is 60.8 Å². The van der Waals surface area contributed by atoms with Gasteiger partial charge < -0.3 is 10.6 Å². The van der Waals surface area contributed by atoms with Crippen LogP contribution in [0.1, 0.15) is 30.0 Å². The van der Waals surface area contributed by atoms with Crippen LogP contribution in [0.5, 0.6) is 0 Å². The van der Waals surface area contributed by atoms with E-state index in [2.05, 4.69) is 9.97 Å². The predicted molar refractivity (Wildman–Crippen MR) is 116 cm³/mol. The zero-order chi connectivity index (χ0) is 20.2. The number of aromatic nitrogens is 2. The second kappa shape index (κ2) is 8.62. The Kier molecular flexibility index (Phi) is 5.76. The lowest BCUT2D eigenvalue weighted by molar-refractivity contribution is -0.131. The molecule has 2 N–H and O–H groups in total. The Labute approximate surface area is 175 Å². The number of carbonyl (C=O) groups excluding carboxylic acids is 1. The molecular weight excluding hydrogens is 384 g/mol. The number of halogens is 1. The van der Waals surface area contributed by atoms with E-state index in [0.717, 1.165) is 41.8 Å². The monoisotopic (exact) mass is 406 g/mol. The summed E-state index contributed by atoms with van der Waals surface area (Å²) in [5.74, 6) is 0.529. The number of nitrogens with two attached hydrogens (primary N) is 1. The van der Waals surface area contributed by atoms with Crippen LogP contribution in [0.25, 0.3) is 11.1 Å². The summed E-state index contributed by atoms with van der Waals surface area (Å²) in [6.07, 6.45) is 4.09. The van der Waals surface area contributed by atoms with Crippen LogP contribution in [0.2, 0.25) is 5.02 Å². The van der Waals surface area contributed by atoms with Crippen LogP contribution in [-0.4, -0.2) is 33.9 Å². The first-order chi connectivity index (χ1) is 14.1. The van der Waals surface area contributed by atoms with Crippen LogP contribution in [0.4, 0.5) is 5.95 Å². The van der Waals surface area contributed by atoms with Gasteiger partial charge in [-0.3, -0.25) is 4.79 Å². The van der Waals surface area contributed by atoms with E-state index >= 15 is 0 Å². The van der Waals surface area contributed by atoms with E-state index in [4.69, 9.17) is 17.3 Å². The van der Waals surface area contributed by atoms with Gasteiger partial charge in [0, 0.05) is 35.8 Å². The van der Waals surface area contributed by atoms with Gasteiger partial charge in [-0.15, -0.1) is 0 Å². The summed E-state index contributed by atoms with van der Waals surface area (Å²) in [4.78, 5) is 23.6. The Morgan fingerprint density at radius 2 is 1.90 bits per heavy atom. The number of nitrogen functional groups attached to an aromatic ring is 1. The molecule has 2 heterocycles. The van der Waals surface area contributed by atoms with Crippen molar-refractivity contribution < 1.29 is 4.79 Å². The molecule has 0 aliphatic carbocycles. The number of piperidine rings is 1. The number of anilines is 1. The van der Waals surface area contributed by atoms with Crippen LogP contribution in [0, 0.1) is 0 Å². The van der Waals surface area contributed by atoms with Crippen molar-refractivity contribution in [2.75, 3.05) is 18.8 Å². The standard InChI is InChI=1S/C23H23ClN4O/c24-19-10-8-17(9-11-19)20-14-26-23(25)27-22(20)18-7-4-12-28(15-18)21(29)13-16-5-2-1-3-6-16/h1-3,5-6,8-11,14,18H,4,7,12-13,15H2,(H2,25,26,27)/t18-/m1/s1. The van der Waals surface area contributed by atoms with E-state index in [1.807, 2.05) is 59.5 Å². The fraction of sp³-hybridized carbons (Fsp3) is 0.261. The van der Waals surface area contributed by atoms with Crippen molar-refractivity contribution in [3.8, 4) is 11.1 Å². The summed E-state index contributed by atoms with van der Waals surface area (Å²) < 4.78 is 0. The van der Waals surface area contributed by atoms with Crippen LogP contribution < -0.4 is 5.73 Å². The molecule has 1 aliphatic rings. The van der Waals surface area contributed by atoms with Crippen molar-refractivity contribution in [2.45, 2.75) is 25.2 Å². The Hall–Kier alpha value is -2.92. The predicted octanol–water partition coefficient (Wildman–Crippen LogP) is 4.33. The van der Waals surface area contributed by atoms with Gasteiger partial charge in [-0.25, -0.2) is 9.97 Å². The quantitative estimate of drug-likeness (QED) is 0.700. The zero-order valence-electron chi connectivity index (χ0n) is 16.1. The summed E-state index contributed by atoms with van der Waals surface area (Å²) >= 11 is 6.04. The van der Waals surface area contributed by atoms with Crippen molar-refractivity contribution in [2.24, 2.45) is 0 Å². The minimum Gasteiger partial charge on any atom is -0.368 e. The summed E-state index contributed by atoms with van der Waals surface area (Å²) in [7, 11) is 0. The molecule has 2 aromatic carbocycles. The summed E-state index contributed by atoms with van der Waals surface area (Å²) in [5.41, 5.74) is 9.78. The molecule has 4 rings (SSSR count). The topological polar surface area (TPSA) is 72.1 Å². The molecular formula is C23H23ClN4O. The van der Waals surface area contributed by atoms with Gasteiger partial charge in [0.25, 0.3) is 0 Å². The van der Waals surface area contributed by atoms with Crippen LogP contribution >= 0.6 is 11.6 Å². The second-order valence-corrected chi connectivity index (χ2v) is 7.81. The third kappa shape index (κ3) is 4.57. The second-order valence-electron chi connectivity index (χ2n) is 7.38. The lowest BCUT2D eigenvalue weighted by Crippen LogP contribution is -2.40. The fourth-order valence-corrected chi connectivity index (χ4v) is 4.01. The lowest BCUT2D eigenvalue weighted by atomic mass is 9.89. The Morgan fingerprint density at radius 1 is 1.14 bits per heavy atom. The molecule has 148 valence electrons. The molecule has 29 heavy (non-hydrogen) atoms. The summed E-state index contributed by atoms with van der Waals surface area (Å²) in [6, 6.07) is 17.5. The van der Waals surface area contributed by atoms with Gasteiger partial charge >= 0.3 is 0 Å². The maximum Gasteiger partial charge on any atom is 0.227 e. The van der Waals surface area contributed by atoms with E-state index < -0.39 is 0 Å². The molecule has 5 nitrogen and oxygen atoms in total. The molecule has 1 saturated heterocycles. The largest absolute Gasteiger partial charge is 0.368 e. The molecule has 0 radical (unpaired) electrons. The van der Waals surface area contributed by atoms with Crippen molar-refractivity contribution >= 4 is 23.5 Å². The minimum absolute atomic E-state index is 0.124. The number of carbonyl (C=O) groups is 1. The number of rotatable bonds is 4. The number of amides is 1. The molecule has 1 aromatic heterocycles. The van der Waals surface area contributed by atoms with Crippen molar-refractivity contribution in [1.82, 2.24) is 14.9 Å². The number of hydrogen-bond donors (Lipinski definition) is 1. The van der Waals surface area contributed by atoms with Gasteiger partial charge in [-0.05, 0) is 36.1 Å². The number of likely N-dealkylation sites (tertiary alicyclic amines) is 1. The molecule has 3 aromatic rings. The first kappa shape index (κ1) is 19.4. The minimum atomic E-state index is 0.124. The average Bonchev–Trinajstić information content (AvgIpc) is 2.75. The Morgan fingerprint density at radius 3 is 2.66 bits per heavy atom. The van der Waals surface area contributed by atoms with E-state index in [9.17, 15) is 4.79 Å². The van der Waals surface area contributed by atoms with Gasteiger partial charge in [-0.2, -0.15) is 0 Å². The van der Waals surface area contributed by atoms with Crippen molar-refractivity contribution in [3.63, 3.8) is 0 Å². The normalized spacial score (nSPS) is 16.6. The highest BCUT2D eigenvalue weighted by atomic mass is 35.5. The van der Waals surface area contributed by atoms with Gasteiger partial charge in [-0.1, -0.05) is 54.1 Å². The number of nitrogens with zero attached hydrogens (tertiary/aromatic N) is 3. The van der Waals surface area contributed by atoms with Gasteiger partial charge in [0.05, 0.1) is 12.1 Å². The zero-order valence-corrected chi connectivity index (χ0v) is 16.8. The maximum atomic E-state index is 12.9. The van der Waals surface area contributed by atoms with Gasteiger partial charge in [0.15, 0.2) is 0 Å². The van der Waals surface area contributed by atoms with Crippen molar-refractivity contribution in [1.29, 1.82) is 0 Å².